The fourth-order valence-corrected chi connectivity index (χ4v) is 1.77. The molecular formula is C13H26N4O3. The third-order valence-electron chi connectivity index (χ3n) is 3.67. The number of ketones is 1. The number of rotatable bonds is 10. The van der Waals surface area contributed by atoms with Crippen LogP contribution in [0.1, 0.15) is 40.5 Å². The van der Waals surface area contributed by atoms with Gasteiger partial charge in [0.2, 0.25) is 0 Å². The Labute approximate surface area is 120 Å². The van der Waals surface area contributed by atoms with Gasteiger partial charge in [0.25, 0.3) is 0 Å². The molecule has 0 aliphatic heterocycles. The summed E-state index contributed by atoms with van der Waals surface area (Å²) in [5.74, 6) is -0.512. The first-order valence-corrected chi connectivity index (χ1v) is 6.69. The predicted molar refractivity (Wildman–Crippen MR) is 79.7 cm³/mol. The van der Waals surface area contributed by atoms with Crippen molar-refractivity contribution in [2.75, 3.05) is 14.1 Å². The first-order chi connectivity index (χ1) is 9.12. The van der Waals surface area contributed by atoms with Crippen LogP contribution in [0, 0.1) is 9.81 Å². The first kappa shape index (κ1) is 18.8. The maximum atomic E-state index is 12.2. The molecule has 0 aliphatic carbocycles. The third kappa shape index (κ3) is 5.83. The summed E-state index contributed by atoms with van der Waals surface area (Å²) in [6.45, 7) is 7.44. The van der Waals surface area contributed by atoms with Gasteiger partial charge in [-0.3, -0.25) is 4.79 Å². The van der Waals surface area contributed by atoms with Crippen LogP contribution in [0.25, 0.3) is 0 Å². The quantitative estimate of drug-likeness (QED) is 0.594. The molecule has 2 atom stereocenters. The van der Waals surface area contributed by atoms with Gasteiger partial charge in [0.15, 0.2) is 17.9 Å². The molecule has 0 rings (SSSR count). The molecule has 0 aromatic heterocycles. The molecule has 0 aromatic carbocycles. The minimum Gasteiger partial charge on any atom is -0.315 e. The van der Waals surface area contributed by atoms with Crippen LogP contribution in [-0.4, -0.2) is 43.0 Å². The molecule has 2 N–H and O–H groups in total. The van der Waals surface area contributed by atoms with Gasteiger partial charge in [-0.1, -0.05) is 10.4 Å². The van der Waals surface area contributed by atoms with Gasteiger partial charge in [0, 0.05) is 11.1 Å². The average Bonchev–Trinajstić information content (AvgIpc) is 2.41. The lowest BCUT2D eigenvalue weighted by Gasteiger charge is -2.29. The van der Waals surface area contributed by atoms with E-state index >= 15 is 0 Å². The van der Waals surface area contributed by atoms with Gasteiger partial charge in [-0.05, 0) is 54.6 Å². The Morgan fingerprint density at radius 3 is 1.40 bits per heavy atom. The van der Waals surface area contributed by atoms with Crippen molar-refractivity contribution in [2.24, 2.45) is 10.4 Å². The van der Waals surface area contributed by atoms with Gasteiger partial charge in [0.05, 0.1) is 0 Å². The van der Waals surface area contributed by atoms with Crippen LogP contribution in [0.5, 0.6) is 0 Å². The molecule has 20 heavy (non-hydrogen) atoms. The summed E-state index contributed by atoms with van der Waals surface area (Å²) in [7, 11) is 3.48. The van der Waals surface area contributed by atoms with Gasteiger partial charge in [0.1, 0.15) is 0 Å². The van der Waals surface area contributed by atoms with E-state index in [1.165, 1.54) is 0 Å². The molecule has 0 bridgehead atoms. The van der Waals surface area contributed by atoms with Crippen molar-refractivity contribution in [3.8, 4) is 0 Å². The molecule has 0 saturated carbocycles. The molecule has 0 heterocycles. The van der Waals surface area contributed by atoms with E-state index in [4.69, 9.17) is 0 Å². The lowest BCUT2D eigenvalue weighted by Crippen LogP contribution is -2.46. The van der Waals surface area contributed by atoms with E-state index in [0.717, 1.165) is 0 Å². The Bertz CT molecular complexity index is 324. The number of Topliss-reactive ketones (excluding diaryl/α,β-unsaturated/α-hetero) is 1. The van der Waals surface area contributed by atoms with Crippen molar-refractivity contribution in [3.63, 3.8) is 0 Å². The number of carbonyl (C=O) groups excluding carboxylic acids is 1. The van der Waals surface area contributed by atoms with Gasteiger partial charge < -0.3 is 10.6 Å². The fourth-order valence-electron chi connectivity index (χ4n) is 1.77. The number of carbonyl (C=O) groups is 1. The van der Waals surface area contributed by atoms with Crippen LogP contribution in [0.15, 0.2) is 10.4 Å². The Morgan fingerprint density at radius 1 is 0.900 bits per heavy atom. The zero-order valence-electron chi connectivity index (χ0n) is 13.2. The van der Waals surface area contributed by atoms with Crippen molar-refractivity contribution >= 4 is 5.78 Å². The minimum atomic E-state index is -1.06. The smallest absolute Gasteiger partial charge is 0.189 e. The Morgan fingerprint density at radius 2 is 1.20 bits per heavy atom. The normalized spacial score (nSPS) is 15.5. The van der Waals surface area contributed by atoms with Gasteiger partial charge >= 0.3 is 0 Å². The van der Waals surface area contributed by atoms with Gasteiger partial charge in [-0.2, -0.15) is 9.81 Å². The zero-order chi connectivity index (χ0) is 16.0. The SMILES string of the molecule is CNC(C)(C)CC(N=O)C(=O)C(CC(C)(C)NC)N=O. The predicted octanol–water partition coefficient (Wildman–Crippen LogP) is 1.60. The second kappa shape index (κ2) is 7.54. The largest absolute Gasteiger partial charge is 0.315 e. The highest BCUT2D eigenvalue weighted by molar-refractivity contribution is 5.89. The van der Waals surface area contributed by atoms with E-state index < -0.39 is 28.9 Å². The number of nitroso groups, excluding NO2 is 2. The molecule has 0 amide bonds. The second-order valence-electron chi connectivity index (χ2n) is 6.32. The standard InChI is InChI=1S/C13H26N4O3/c1-12(2,14-5)7-9(16-19)11(18)10(17-20)8-13(3,4)15-6/h9-10,14-15H,7-8H2,1-6H3. The lowest BCUT2D eigenvalue weighted by molar-refractivity contribution is -0.122. The van der Waals surface area contributed by atoms with E-state index in [2.05, 4.69) is 21.0 Å². The molecule has 0 aliphatic rings. The number of nitrogens with one attached hydrogen (secondary N) is 2. The maximum absolute atomic E-state index is 12.2. The number of nitrogens with zero attached hydrogens (tertiary/aromatic N) is 2. The number of hydrogen-bond acceptors (Lipinski definition) is 7. The third-order valence-corrected chi connectivity index (χ3v) is 3.67. The van der Waals surface area contributed by atoms with Crippen molar-refractivity contribution < 1.29 is 4.79 Å². The van der Waals surface area contributed by atoms with Gasteiger partial charge in [-0.15, -0.1) is 0 Å². The minimum absolute atomic E-state index is 0.234. The molecule has 116 valence electrons. The molecule has 0 saturated heterocycles. The highest BCUT2D eigenvalue weighted by atomic mass is 16.3. The fraction of sp³-hybridized carbons (Fsp3) is 0.923. The summed E-state index contributed by atoms with van der Waals surface area (Å²) in [4.78, 5) is 34.1. The number of hydrogen-bond donors (Lipinski definition) is 2. The van der Waals surface area contributed by atoms with Crippen molar-refractivity contribution in [1.82, 2.24) is 10.6 Å². The molecule has 2 unspecified atom stereocenters. The Balaban J connectivity index is 4.96. The Hall–Kier alpha value is -1.21. The lowest BCUT2D eigenvalue weighted by atomic mass is 9.87. The van der Waals surface area contributed by atoms with Crippen LogP contribution in [0.4, 0.5) is 0 Å². The molecule has 7 nitrogen and oxygen atoms in total. The summed E-state index contributed by atoms with van der Waals surface area (Å²) >= 11 is 0. The average molecular weight is 286 g/mol. The molecule has 0 fully saturated rings. The molecule has 0 spiro atoms. The van der Waals surface area contributed by atoms with Crippen molar-refractivity contribution in [2.45, 2.75) is 63.7 Å². The molecule has 0 aromatic rings. The van der Waals surface area contributed by atoms with E-state index in [0.29, 0.717) is 0 Å². The summed E-state index contributed by atoms with van der Waals surface area (Å²) in [6, 6.07) is -2.12. The van der Waals surface area contributed by atoms with Crippen LogP contribution in [0.2, 0.25) is 0 Å². The van der Waals surface area contributed by atoms with Crippen molar-refractivity contribution in [1.29, 1.82) is 0 Å². The zero-order valence-corrected chi connectivity index (χ0v) is 13.2. The van der Waals surface area contributed by atoms with E-state index in [9.17, 15) is 14.6 Å². The highest BCUT2D eigenvalue weighted by Gasteiger charge is 2.36. The van der Waals surface area contributed by atoms with E-state index in [1.54, 1.807) is 14.1 Å². The summed E-state index contributed by atoms with van der Waals surface area (Å²) < 4.78 is 0. The first-order valence-electron chi connectivity index (χ1n) is 6.69. The topological polar surface area (TPSA) is 100.0 Å². The molecule has 0 radical (unpaired) electrons. The monoisotopic (exact) mass is 286 g/mol. The maximum Gasteiger partial charge on any atom is 0.189 e. The van der Waals surface area contributed by atoms with Crippen LogP contribution in [-0.2, 0) is 4.79 Å². The van der Waals surface area contributed by atoms with Gasteiger partial charge in [-0.25, -0.2) is 0 Å². The van der Waals surface area contributed by atoms with Crippen molar-refractivity contribution in [3.05, 3.63) is 9.81 Å². The second-order valence-corrected chi connectivity index (χ2v) is 6.32. The molecule has 7 heteroatoms. The highest BCUT2D eigenvalue weighted by Crippen LogP contribution is 2.20. The summed E-state index contributed by atoms with van der Waals surface area (Å²) in [5, 5.41) is 11.8. The van der Waals surface area contributed by atoms with E-state index in [-0.39, 0.29) is 12.8 Å². The summed E-state index contributed by atoms with van der Waals surface area (Å²) in [6.07, 6.45) is 0.468. The Kier molecular flexibility index (Phi) is 7.08. The molecular weight excluding hydrogens is 260 g/mol. The van der Waals surface area contributed by atoms with Crippen LogP contribution in [0.3, 0.4) is 0 Å². The van der Waals surface area contributed by atoms with Crippen LogP contribution >= 0.6 is 0 Å². The summed E-state index contributed by atoms with van der Waals surface area (Å²) in [5.41, 5.74) is -0.833. The van der Waals surface area contributed by atoms with E-state index in [1.807, 2.05) is 27.7 Å². The van der Waals surface area contributed by atoms with Crippen LogP contribution < -0.4 is 10.6 Å².